The van der Waals surface area contributed by atoms with Crippen LogP contribution >= 0.6 is 12.2 Å². The fourth-order valence-electron chi connectivity index (χ4n) is 0.820. The third-order valence-electron chi connectivity index (χ3n) is 1.42. The third-order valence-corrected chi connectivity index (χ3v) is 1.72. The second-order valence-corrected chi connectivity index (χ2v) is 2.85. The minimum absolute atomic E-state index is 0.158. The highest BCUT2D eigenvalue weighted by Crippen LogP contribution is 2.08. The molecule has 0 unspecified atom stereocenters. The number of hydrogen-bond donors (Lipinski definition) is 3. The molecule has 6 heteroatoms. The van der Waals surface area contributed by atoms with Crippen molar-refractivity contribution in [3.63, 3.8) is 0 Å². The van der Waals surface area contributed by atoms with Gasteiger partial charge >= 0.3 is 0 Å². The number of rotatable bonds is 1. The maximum atomic E-state index is 12.7. The zero-order chi connectivity index (χ0) is 10.6. The molecule has 0 bridgehead atoms. The lowest BCUT2D eigenvalue weighted by Gasteiger charge is -2.04. The summed E-state index contributed by atoms with van der Waals surface area (Å²) in [7, 11) is 0. The molecule has 0 aliphatic heterocycles. The monoisotopic (exact) mass is 213 g/mol. The molecule has 0 aromatic heterocycles. The van der Waals surface area contributed by atoms with Crippen LogP contribution in [0.4, 0.5) is 10.1 Å². The number of thiocarbonyl (C=S) groups is 1. The van der Waals surface area contributed by atoms with Gasteiger partial charge in [-0.2, -0.15) is 0 Å². The molecular formula is C8H8FN3OS. The average molecular weight is 213 g/mol. The first-order chi connectivity index (χ1) is 6.63. The maximum absolute atomic E-state index is 12.7. The van der Waals surface area contributed by atoms with Gasteiger partial charge in [0.05, 0.1) is 0 Å². The number of benzene rings is 1. The standard InChI is InChI=1S/C8H8FN3OS/c9-5-2-1-3-6(4-5)11-7(13)8(14)12-10/h1-4H,10H2,(H,11,13)(H,12,14). The van der Waals surface area contributed by atoms with E-state index in [2.05, 4.69) is 17.5 Å². The van der Waals surface area contributed by atoms with Crippen molar-refractivity contribution in [2.45, 2.75) is 0 Å². The van der Waals surface area contributed by atoms with Gasteiger partial charge in [-0.1, -0.05) is 18.3 Å². The summed E-state index contributed by atoms with van der Waals surface area (Å²) in [6.45, 7) is 0. The van der Waals surface area contributed by atoms with Crippen molar-refractivity contribution >= 4 is 28.8 Å². The average Bonchev–Trinajstić information content (AvgIpc) is 2.16. The van der Waals surface area contributed by atoms with E-state index in [1.165, 1.54) is 18.2 Å². The van der Waals surface area contributed by atoms with E-state index in [-0.39, 0.29) is 4.99 Å². The molecule has 0 aliphatic carbocycles. The molecule has 0 saturated carbocycles. The van der Waals surface area contributed by atoms with Gasteiger partial charge in [0, 0.05) is 5.69 Å². The van der Waals surface area contributed by atoms with E-state index in [4.69, 9.17) is 5.84 Å². The minimum Gasteiger partial charge on any atom is -0.320 e. The van der Waals surface area contributed by atoms with Gasteiger partial charge in [0.25, 0.3) is 5.91 Å². The van der Waals surface area contributed by atoms with Gasteiger partial charge < -0.3 is 10.7 Å². The highest BCUT2D eigenvalue weighted by atomic mass is 32.1. The summed E-state index contributed by atoms with van der Waals surface area (Å²) in [5.41, 5.74) is 2.35. The topological polar surface area (TPSA) is 67.1 Å². The van der Waals surface area contributed by atoms with E-state index in [1.54, 1.807) is 6.07 Å². The van der Waals surface area contributed by atoms with Crippen LogP contribution in [0.1, 0.15) is 0 Å². The fraction of sp³-hybridized carbons (Fsp3) is 0. The van der Waals surface area contributed by atoms with E-state index in [9.17, 15) is 9.18 Å². The first kappa shape index (κ1) is 10.6. The highest BCUT2D eigenvalue weighted by molar-refractivity contribution is 7.82. The van der Waals surface area contributed by atoms with Crippen LogP contribution in [0.15, 0.2) is 24.3 Å². The van der Waals surface area contributed by atoms with E-state index in [0.717, 1.165) is 0 Å². The minimum atomic E-state index is -0.576. The Morgan fingerprint density at radius 1 is 1.50 bits per heavy atom. The smallest absolute Gasteiger partial charge is 0.284 e. The lowest BCUT2D eigenvalue weighted by Crippen LogP contribution is -2.38. The number of hydrogen-bond acceptors (Lipinski definition) is 3. The van der Waals surface area contributed by atoms with Crippen LogP contribution in [-0.2, 0) is 4.79 Å². The predicted octanol–water partition coefficient (Wildman–Crippen LogP) is 0.555. The Morgan fingerprint density at radius 2 is 2.21 bits per heavy atom. The van der Waals surface area contributed by atoms with Crippen molar-refractivity contribution in [2.24, 2.45) is 5.84 Å². The number of hydrazine groups is 1. The van der Waals surface area contributed by atoms with Gasteiger partial charge in [0.2, 0.25) is 0 Å². The molecule has 74 valence electrons. The van der Waals surface area contributed by atoms with Crippen LogP contribution in [0.25, 0.3) is 0 Å². The van der Waals surface area contributed by atoms with Gasteiger partial charge in [0.1, 0.15) is 5.82 Å². The summed E-state index contributed by atoms with van der Waals surface area (Å²) in [5, 5.41) is 2.37. The van der Waals surface area contributed by atoms with Gasteiger partial charge in [-0.15, -0.1) is 0 Å². The largest absolute Gasteiger partial charge is 0.320 e. The highest BCUT2D eigenvalue weighted by Gasteiger charge is 2.07. The molecule has 0 aliphatic rings. The SMILES string of the molecule is NNC(=S)C(=O)Nc1cccc(F)c1. The summed E-state index contributed by atoms with van der Waals surface area (Å²) in [6.07, 6.45) is 0. The molecule has 0 fully saturated rings. The van der Waals surface area contributed by atoms with Crippen molar-refractivity contribution < 1.29 is 9.18 Å². The Morgan fingerprint density at radius 3 is 2.79 bits per heavy atom. The number of anilines is 1. The molecule has 0 radical (unpaired) electrons. The van der Waals surface area contributed by atoms with Crippen molar-refractivity contribution in [3.8, 4) is 0 Å². The zero-order valence-corrected chi connectivity index (χ0v) is 7.90. The number of nitrogens with one attached hydrogen (secondary N) is 2. The molecule has 14 heavy (non-hydrogen) atoms. The quantitative estimate of drug-likeness (QED) is 0.362. The van der Waals surface area contributed by atoms with E-state index < -0.39 is 11.7 Å². The van der Waals surface area contributed by atoms with Crippen LogP contribution in [0.2, 0.25) is 0 Å². The Bertz CT molecular complexity index is 369. The van der Waals surface area contributed by atoms with Crippen molar-refractivity contribution in [1.82, 2.24) is 5.43 Å². The molecule has 1 amide bonds. The molecule has 1 aromatic rings. The number of nitrogens with two attached hydrogens (primary N) is 1. The Balaban J connectivity index is 2.70. The van der Waals surface area contributed by atoms with Gasteiger partial charge in [-0.25, -0.2) is 10.2 Å². The molecule has 4 nitrogen and oxygen atoms in total. The molecule has 4 N–H and O–H groups in total. The Labute approximate surface area is 85.3 Å². The van der Waals surface area contributed by atoms with Crippen LogP contribution in [0, 0.1) is 5.82 Å². The molecule has 1 rings (SSSR count). The first-order valence-corrected chi connectivity index (χ1v) is 4.12. The molecule has 0 saturated heterocycles. The second kappa shape index (κ2) is 4.64. The van der Waals surface area contributed by atoms with Crippen molar-refractivity contribution in [1.29, 1.82) is 0 Å². The fourth-order valence-corrected chi connectivity index (χ4v) is 0.871. The van der Waals surface area contributed by atoms with Crippen LogP contribution in [0.3, 0.4) is 0 Å². The van der Waals surface area contributed by atoms with Gasteiger partial charge in [-0.3, -0.25) is 4.79 Å². The lowest BCUT2D eigenvalue weighted by atomic mass is 10.3. The normalized spacial score (nSPS) is 9.29. The number of carbonyl (C=O) groups excluding carboxylic acids is 1. The second-order valence-electron chi connectivity index (χ2n) is 2.44. The van der Waals surface area contributed by atoms with Crippen LogP contribution in [0.5, 0.6) is 0 Å². The predicted molar refractivity (Wildman–Crippen MR) is 55.0 cm³/mol. The first-order valence-electron chi connectivity index (χ1n) is 3.71. The van der Waals surface area contributed by atoms with Crippen molar-refractivity contribution in [2.75, 3.05) is 5.32 Å². The van der Waals surface area contributed by atoms with Crippen LogP contribution in [-0.4, -0.2) is 10.9 Å². The summed E-state index contributed by atoms with van der Waals surface area (Å²) in [5.74, 6) is 3.92. The molecular weight excluding hydrogens is 205 g/mol. The van der Waals surface area contributed by atoms with Crippen LogP contribution < -0.4 is 16.6 Å². The Kier molecular flexibility index (Phi) is 3.49. The maximum Gasteiger partial charge on any atom is 0.284 e. The lowest BCUT2D eigenvalue weighted by molar-refractivity contribution is -0.110. The summed E-state index contributed by atoms with van der Waals surface area (Å²) in [4.78, 5) is 11.0. The van der Waals surface area contributed by atoms with E-state index in [1.807, 2.05) is 5.43 Å². The molecule has 1 aromatic carbocycles. The summed E-state index contributed by atoms with van der Waals surface area (Å²) >= 11 is 4.57. The molecule has 0 spiro atoms. The summed E-state index contributed by atoms with van der Waals surface area (Å²) in [6, 6.07) is 5.47. The molecule has 0 atom stereocenters. The summed E-state index contributed by atoms with van der Waals surface area (Å²) < 4.78 is 12.7. The number of carbonyl (C=O) groups is 1. The zero-order valence-electron chi connectivity index (χ0n) is 7.08. The Hall–Kier alpha value is -1.53. The van der Waals surface area contributed by atoms with Gasteiger partial charge in [-0.05, 0) is 18.2 Å². The van der Waals surface area contributed by atoms with Gasteiger partial charge in [0.15, 0.2) is 4.99 Å². The third kappa shape index (κ3) is 2.75. The van der Waals surface area contributed by atoms with Crippen molar-refractivity contribution in [3.05, 3.63) is 30.1 Å². The number of amides is 1. The number of halogens is 1. The van der Waals surface area contributed by atoms with E-state index >= 15 is 0 Å². The van der Waals surface area contributed by atoms with E-state index in [0.29, 0.717) is 5.69 Å². The molecule has 0 heterocycles.